The molecule has 1 heterocycles. The lowest BCUT2D eigenvalue weighted by Crippen LogP contribution is -2.34. The van der Waals surface area contributed by atoms with Gasteiger partial charge in [-0.25, -0.2) is 4.68 Å². The minimum Gasteiger partial charge on any atom is -0.396 e. The van der Waals surface area contributed by atoms with E-state index < -0.39 is 5.91 Å². The highest BCUT2D eigenvalue weighted by Gasteiger charge is 2.10. The van der Waals surface area contributed by atoms with Crippen LogP contribution in [0.2, 0.25) is 0 Å². The SMILES string of the molecule is O=C(Cc1ccccc1)NC(=O)Cn1cc(CCO)nn1. The summed E-state index contributed by atoms with van der Waals surface area (Å²) in [6.45, 7) is -0.112. The predicted octanol–water partition coefficient (Wildman–Crippen LogP) is -0.302. The van der Waals surface area contributed by atoms with Gasteiger partial charge in [-0.05, 0) is 5.56 Å². The van der Waals surface area contributed by atoms with Crippen molar-refractivity contribution in [2.45, 2.75) is 19.4 Å². The van der Waals surface area contributed by atoms with Crippen molar-refractivity contribution in [3.63, 3.8) is 0 Å². The van der Waals surface area contributed by atoms with Gasteiger partial charge in [0.05, 0.1) is 12.1 Å². The van der Waals surface area contributed by atoms with E-state index in [1.807, 2.05) is 30.3 Å². The minimum absolute atomic E-state index is 0.0273. The Hall–Kier alpha value is -2.54. The number of nitrogens with one attached hydrogen (secondary N) is 1. The Morgan fingerprint density at radius 3 is 2.67 bits per heavy atom. The van der Waals surface area contributed by atoms with E-state index in [2.05, 4.69) is 15.6 Å². The zero-order valence-corrected chi connectivity index (χ0v) is 11.4. The van der Waals surface area contributed by atoms with Crippen LogP contribution < -0.4 is 5.32 Å². The van der Waals surface area contributed by atoms with Crippen LogP contribution in [0.4, 0.5) is 0 Å². The van der Waals surface area contributed by atoms with Gasteiger partial charge >= 0.3 is 0 Å². The van der Waals surface area contributed by atoms with Gasteiger partial charge in [0.2, 0.25) is 11.8 Å². The van der Waals surface area contributed by atoms with Crippen LogP contribution in [0.1, 0.15) is 11.3 Å². The summed E-state index contributed by atoms with van der Waals surface area (Å²) in [5.41, 5.74) is 1.44. The summed E-state index contributed by atoms with van der Waals surface area (Å²) in [7, 11) is 0. The molecule has 0 atom stereocenters. The van der Waals surface area contributed by atoms with Crippen LogP contribution in [-0.2, 0) is 29.0 Å². The van der Waals surface area contributed by atoms with Gasteiger partial charge in [-0.3, -0.25) is 14.9 Å². The zero-order chi connectivity index (χ0) is 15.1. The number of aliphatic hydroxyl groups excluding tert-OH is 1. The van der Waals surface area contributed by atoms with Crippen LogP contribution in [0.3, 0.4) is 0 Å². The van der Waals surface area contributed by atoms with Crippen molar-refractivity contribution in [2.75, 3.05) is 6.61 Å². The maximum atomic E-state index is 11.7. The molecule has 0 bridgehead atoms. The van der Waals surface area contributed by atoms with E-state index >= 15 is 0 Å². The molecule has 2 N–H and O–H groups in total. The molecule has 0 saturated carbocycles. The molecule has 7 heteroatoms. The van der Waals surface area contributed by atoms with E-state index in [9.17, 15) is 9.59 Å². The Morgan fingerprint density at radius 1 is 1.19 bits per heavy atom. The minimum atomic E-state index is -0.448. The van der Waals surface area contributed by atoms with Gasteiger partial charge in [-0.1, -0.05) is 35.5 Å². The smallest absolute Gasteiger partial charge is 0.248 e. The summed E-state index contributed by atoms with van der Waals surface area (Å²) in [5.74, 6) is -0.807. The summed E-state index contributed by atoms with van der Waals surface area (Å²) in [4.78, 5) is 23.4. The third-order valence-corrected chi connectivity index (χ3v) is 2.75. The number of hydrogen-bond donors (Lipinski definition) is 2. The number of aromatic nitrogens is 3. The summed E-state index contributed by atoms with van der Waals surface area (Å²) in [6.07, 6.45) is 2.10. The Balaban J connectivity index is 1.82. The molecule has 0 unspecified atom stereocenters. The van der Waals surface area contributed by atoms with Crippen molar-refractivity contribution in [3.05, 3.63) is 47.8 Å². The maximum Gasteiger partial charge on any atom is 0.248 e. The topological polar surface area (TPSA) is 97.1 Å². The average molecular weight is 288 g/mol. The molecule has 0 fully saturated rings. The summed E-state index contributed by atoms with van der Waals surface area (Å²) in [6, 6.07) is 9.18. The Morgan fingerprint density at radius 2 is 1.95 bits per heavy atom. The van der Waals surface area contributed by atoms with Crippen LogP contribution >= 0.6 is 0 Å². The molecule has 2 aromatic rings. The van der Waals surface area contributed by atoms with Crippen molar-refractivity contribution in [3.8, 4) is 0 Å². The predicted molar refractivity (Wildman–Crippen MR) is 74.1 cm³/mol. The van der Waals surface area contributed by atoms with E-state index in [1.54, 1.807) is 6.20 Å². The standard InChI is InChI=1S/C14H16N4O3/c19-7-6-12-9-18(17-16-12)10-14(21)15-13(20)8-11-4-2-1-3-5-11/h1-5,9,19H,6-8,10H2,(H,15,20,21). The normalized spacial score (nSPS) is 10.3. The molecular formula is C14H16N4O3. The lowest BCUT2D eigenvalue weighted by molar-refractivity contribution is -0.130. The maximum absolute atomic E-state index is 11.7. The molecule has 0 saturated heterocycles. The Kier molecular flexibility index (Phi) is 5.16. The second-order valence-corrected chi connectivity index (χ2v) is 4.51. The number of hydrogen-bond acceptors (Lipinski definition) is 5. The number of rotatable bonds is 6. The van der Waals surface area contributed by atoms with Crippen LogP contribution in [0.5, 0.6) is 0 Å². The largest absolute Gasteiger partial charge is 0.396 e. The number of benzene rings is 1. The average Bonchev–Trinajstić information content (AvgIpc) is 2.87. The van der Waals surface area contributed by atoms with Gasteiger partial charge in [0.15, 0.2) is 0 Å². The number of imide groups is 1. The molecule has 0 radical (unpaired) electrons. The lowest BCUT2D eigenvalue weighted by Gasteiger charge is -2.04. The van der Waals surface area contributed by atoms with E-state index in [4.69, 9.17) is 5.11 Å². The number of carbonyl (C=O) groups is 2. The van der Waals surface area contributed by atoms with Gasteiger partial charge in [0.25, 0.3) is 0 Å². The van der Waals surface area contributed by atoms with E-state index in [0.29, 0.717) is 12.1 Å². The van der Waals surface area contributed by atoms with Gasteiger partial charge in [-0.15, -0.1) is 5.10 Å². The molecule has 0 aliphatic rings. The first kappa shape index (κ1) is 14.9. The van der Waals surface area contributed by atoms with Crippen molar-refractivity contribution < 1.29 is 14.7 Å². The number of aliphatic hydroxyl groups is 1. The number of nitrogens with zero attached hydrogens (tertiary/aromatic N) is 3. The molecule has 0 aliphatic heterocycles. The highest BCUT2D eigenvalue weighted by Crippen LogP contribution is 1.99. The molecule has 1 aromatic carbocycles. The molecule has 0 aliphatic carbocycles. The van der Waals surface area contributed by atoms with Crippen LogP contribution in [0.25, 0.3) is 0 Å². The van der Waals surface area contributed by atoms with Gasteiger partial charge in [0.1, 0.15) is 6.54 Å². The van der Waals surface area contributed by atoms with E-state index in [1.165, 1.54) is 4.68 Å². The Bertz CT molecular complexity index is 610. The molecule has 1 aromatic heterocycles. The fourth-order valence-corrected chi connectivity index (χ4v) is 1.81. The van der Waals surface area contributed by atoms with Crippen LogP contribution in [-0.4, -0.2) is 38.5 Å². The van der Waals surface area contributed by atoms with E-state index in [0.717, 1.165) is 5.56 Å². The van der Waals surface area contributed by atoms with Gasteiger partial charge in [0, 0.05) is 19.2 Å². The van der Waals surface area contributed by atoms with E-state index in [-0.39, 0.29) is 25.5 Å². The van der Waals surface area contributed by atoms with Crippen LogP contribution in [0, 0.1) is 0 Å². The second-order valence-electron chi connectivity index (χ2n) is 4.51. The van der Waals surface area contributed by atoms with Crippen molar-refractivity contribution in [2.24, 2.45) is 0 Å². The summed E-state index contributed by atoms with van der Waals surface area (Å²) in [5, 5.41) is 18.6. The quantitative estimate of drug-likeness (QED) is 0.760. The molecule has 7 nitrogen and oxygen atoms in total. The molecule has 2 amide bonds. The molecular weight excluding hydrogens is 272 g/mol. The van der Waals surface area contributed by atoms with Crippen molar-refractivity contribution in [1.29, 1.82) is 0 Å². The third kappa shape index (κ3) is 4.81. The molecule has 0 spiro atoms. The first-order valence-corrected chi connectivity index (χ1v) is 6.54. The number of carbonyl (C=O) groups excluding carboxylic acids is 2. The molecule has 2 rings (SSSR count). The molecule has 21 heavy (non-hydrogen) atoms. The van der Waals surface area contributed by atoms with Gasteiger partial charge in [-0.2, -0.15) is 0 Å². The monoisotopic (exact) mass is 288 g/mol. The van der Waals surface area contributed by atoms with Crippen molar-refractivity contribution >= 4 is 11.8 Å². The summed E-state index contributed by atoms with van der Waals surface area (Å²) >= 11 is 0. The first-order valence-electron chi connectivity index (χ1n) is 6.54. The van der Waals surface area contributed by atoms with Gasteiger partial charge < -0.3 is 5.11 Å². The number of amides is 2. The molecule has 110 valence electrons. The second kappa shape index (κ2) is 7.30. The van der Waals surface area contributed by atoms with Crippen LogP contribution in [0.15, 0.2) is 36.5 Å². The Labute approximate surface area is 121 Å². The zero-order valence-electron chi connectivity index (χ0n) is 11.4. The van der Waals surface area contributed by atoms with Crippen molar-refractivity contribution in [1.82, 2.24) is 20.3 Å². The first-order chi connectivity index (χ1) is 10.2. The summed E-state index contributed by atoms with van der Waals surface area (Å²) < 4.78 is 1.33. The lowest BCUT2D eigenvalue weighted by atomic mass is 10.1. The third-order valence-electron chi connectivity index (χ3n) is 2.75. The fraction of sp³-hybridized carbons (Fsp3) is 0.286. The highest BCUT2D eigenvalue weighted by molar-refractivity contribution is 5.95. The highest BCUT2D eigenvalue weighted by atomic mass is 16.3. The fourth-order valence-electron chi connectivity index (χ4n) is 1.81.